The van der Waals surface area contributed by atoms with Crippen LogP contribution in [0.2, 0.25) is 0 Å². The molecular formula is C11H18N2OS. The molecule has 0 aromatic heterocycles. The number of rotatable bonds is 6. The molecular weight excluding hydrogens is 208 g/mol. The van der Waals surface area contributed by atoms with Crippen LogP contribution in [-0.2, 0) is 6.42 Å². The summed E-state index contributed by atoms with van der Waals surface area (Å²) in [6, 6.07) is 0. The Bertz CT molecular complexity index is 393. The van der Waals surface area contributed by atoms with Crippen molar-refractivity contribution < 1.29 is 0 Å². The lowest BCUT2D eigenvalue weighted by atomic mass is 10.0. The van der Waals surface area contributed by atoms with Gasteiger partial charge >= 0.3 is 0 Å². The topological polar surface area (TPSA) is 32.3 Å². The third-order valence-electron chi connectivity index (χ3n) is 2.64. The van der Waals surface area contributed by atoms with Gasteiger partial charge in [0.05, 0.1) is 10.2 Å². The van der Waals surface area contributed by atoms with E-state index in [9.17, 15) is 4.79 Å². The van der Waals surface area contributed by atoms with Gasteiger partial charge in [-0.3, -0.25) is 4.79 Å². The molecule has 0 bridgehead atoms. The zero-order valence-corrected chi connectivity index (χ0v) is 10.4. The maximum Gasteiger partial charge on any atom is 0.220 e. The van der Waals surface area contributed by atoms with Crippen LogP contribution in [0.4, 0.5) is 5.69 Å². The van der Waals surface area contributed by atoms with Crippen molar-refractivity contribution in [3.63, 3.8) is 0 Å². The Morgan fingerprint density at radius 1 is 1.47 bits per heavy atom. The summed E-state index contributed by atoms with van der Waals surface area (Å²) in [6.45, 7) is 3.90. The van der Waals surface area contributed by atoms with Gasteiger partial charge in [0.15, 0.2) is 0 Å². The van der Waals surface area contributed by atoms with Crippen LogP contribution in [0.3, 0.4) is 0 Å². The molecule has 0 aliphatic rings. The first kappa shape index (κ1) is 12.3. The fourth-order valence-electron chi connectivity index (χ4n) is 1.76. The first-order chi connectivity index (χ1) is 7.13. The van der Waals surface area contributed by atoms with Gasteiger partial charge in [0.25, 0.3) is 0 Å². The second-order valence-electron chi connectivity index (χ2n) is 3.72. The van der Waals surface area contributed by atoms with E-state index in [-0.39, 0.29) is 5.43 Å². The molecule has 0 atom stereocenters. The number of hydrogen-bond donors (Lipinski definition) is 1. The van der Waals surface area contributed by atoms with Crippen molar-refractivity contribution in [2.75, 3.05) is 32.1 Å². The van der Waals surface area contributed by atoms with Crippen molar-refractivity contribution >= 4 is 17.9 Å². The lowest BCUT2D eigenvalue weighted by Gasteiger charge is -2.23. The molecule has 0 unspecified atom stereocenters. The van der Waals surface area contributed by atoms with Crippen LogP contribution in [-0.4, -0.2) is 27.2 Å². The van der Waals surface area contributed by atoms with Gasteiger partial charge in [0.2, 0.25) is 5.43 Å². The molecule has 3 nitrogen and oxygen atoms in total. The predicted molar refractivity (Wildman–Crippen MR) is 67.1 cm³/mol. The lowest BCUT2D eigenvalue weighted by molar-refractivity contribution is 0.709. The number of nitrogens with one attached hydrogen (secondary N) is 1. The van der Waals surface area contributed by atoms with E-state index >= 15 is 0 Å². The van der Waals surface area contributed by atoms with Crippen LogP contribution >= 0.6 is 12.2 Å². The van der Waals surface area contributed by atoms with Gasteiger partial charge in [0, 0.05) is 19.2 Å². The van der Waals surface area contributed by atoms with E-state index in [2.05, 4.69) is 5.32 Å². The predicted octanol–water partition coefficient (Wildman–Crippen LogP) is 1.26. The highest BCUT2D eigenvalue weighted by Crippen LogP contribution is 2.20. The van der Waals surface area contributed by atoms with Crippen LogP contribution in [0, 0.1) is 4.51 Å². The quantitative estimate of drug-likeness (QED) is 0.585. The number of nitrogens with zero attached hydrogens (tertiary/aromatic N) is 1. The Hall–Kier alpha value is -0.740. The largest absolute Gasteiger partial charge is 0.371 e. The van der Waals surface area contributed by atoms with Gasteiger partial charge in [-0.1, -0.05) is 19.1 Å². The van der Waals surface area contributed by atoms with E-state index in [4.69, 9.17) is 12.2 Å². The molecule has 0 aliphatic carbocycles. The monoisotopic (exact) mass is 226 g/mol. The van der Waals surface area contributed by atoms with Crippen molar-refractivity contribution in [3.8, 4) is 0 Å². The first-order valence-electron chi connectivity index (χ1n) is 5.31. The minimum atomic E-state index is 0.0498. The summed E-state index contributed by atoms with van der Waals surface area (Å²) in [7, 11) is 3.89. The number of hydrogen-bond acceptors (Lipinski definition) is 4. The SMILES string of the molecule is CCc1c(N(C)CCCNC)c(=O)c1=S. The zero-order chi connectivity index (χ0) is 11.4. The van der Waals surface area contributed by atoms with E-state index in [0.29, 0.717) is 4.51 Å². The second-order valence-corrected chi connectivity index (χ2v) is 4.13. The molecule has 84 valence electrons. The van der Waals surface area contributed by atoms with Crippen LogP contribution in [0.15, 0.2) is 4.79 Å². The summed E-state index contributed by atoms with van der Waals surface area (Å²) in [5.41, 5.74) is 1.94. The molecule has 0 saturated carbocycles. The van der Waals surface area contributed by atoms with Gasteiger partial charge in [-0.05, 0) is 26.4 Å². The average molecular weight is 226 g/mol. The average Bonchev–Trinajstić information content (AvgIpc) is 2.24. The summed E-state index contributed by atoms with van der Waals surface area (Å²) < 4.78 is 0.535. The third-order valence-corrected chi connectivity index (χ3v) is 3.07. The van der Waals surface area contributed by atoms with Crippen molar-refractivity contribution in [1.82, 2.24) is 5.32 Å². The smallest absolute Gasteiger partial charge is 0.220 e. The van der Waals surface area contributed by atoms with E-state index in [1.807, 2.05) is 25.9 Å². The summed E-state index contributed by atoms with van der Waals surface area (Å²) in [6.07, 6.45) is 1.89. The van der Waals surface area contributed by atoms with E-state index in [0.717, 1.165) is 37.2 Å². The van der Waals surface area contributed by atoms with Crippen LogP contribution in [0.5, 0.6) is 0 Å². The van der Waals surface area contributed by atoms with Crippen LogP contribution in [0.1, 0.15) is 18.9 Å². The van der Waals surface area contributed by atoms with Crippen LogP contribution in [0.25, 0.3) is 0 Å². The summed E-state index contributed by atoms with van der Waals surface area (Å²) in [5, 5.41) is 3.09. The molecule has 0 saturated heterocycles. The van der Waals surface area contributed by atoms with Crippen molar-refractivity contribution in [3.05, 3.63) is 20.3 Å². The van der Waals surface area contributed by atoms with Gasteiger partial charge in [-0.2, -0.15) is 0 Å². The fraction of sp³-hybridized carbons (Fsp3) is 0.636. The molecule has 1 aromatic rings. The normalized spacial score (nSPS) is 10.9. The van der Waals surface area contributed by atoms with Gasteiger partial charge < -0.3 is 10.2 Å². The Kier molecular flexibility index (Phi) is 4.42. The number of anilines is 1. The first-order valence-corrected chi connectivity index (χ1v) is 5.72. The van der Waals surface area contributed by atoms with E-state index in [1.54, 1.807) is 0 Å². The maximum atomic E-state index is 11.5. The standard InChI is InChI=1S/C11H18N2OS/c1-4-8-9(10(14)11(8)15)13(3)7-5-6-12-2/h12H,4-7H2,1-3H3. The molecule has 0 aliphatic heterocycles. The van der Waals surface area contributed by atoms with Gasteiger partial charge in [-0.15, -0.1) is 0 Å². The fourth-order valence-corrected chi connectivity index (χ4v) is 2.10. The molecule has 0 fully saturated rings. The minimum absolute atomic E-state index is 0.0498. The zero-order valence-electron chi connectivity index (χ0n) is 9.59. The third kappa shape index (κ3) is 2.44. The van der Waals surface area contributed by atoms with Gasteiger partial charge in [-0.25, -0.2) is 0 Å². The maximum absolute atomic E-state index is 11.5. The van der Waals surface area contributed by atoms with E-state index < -0.39 is 0 Å². The summed E-state index contributed by atoms with van der Waals surface area (Å²) in [5.74, 6) is 0. The molecule has 4 heteroatoms. The molecule has 1 N–H and O–H groups in total. The Morgan fingerprint density at radius 3 is 2.67 bits per heavy atom. The Labute approximate surface area is 95.8 Å². The summed E-state index contributed by atoms with van der Waals surface area (Å²) >= 11 is 5.01. The minimum Gasteiger partial charge on any atom is -0.371 e. The van der Waals surface area contributed by atoms with Crippen molar-refractivity contribution in [1.29, 1.82) is 0 Å². The highest BCUT2D eigenvalue weighted by molar-refractivity contribution is 7.71. The van der Waals surface area contributed by atoms with Crippen LogP contribution < -0.4 is 15.6 Å². The molecule has 1 rings (SSSR count). The Morgan fingerprint density at radius 2 is 2.13 bits per heavy atom. The Balaban J connectivity index is 2.66. The lowest BCUT2D eigenvalue weighted by Crippen LogP contribution is -2.31. The van der Waals surface area contributed by atoms with Crippen molar-refractivity contribution in [2.45, 2.75) is 19.8 Å². The molecule has 0 radical (unpaired) electrons. The highest BCUT2D eigenvalue weighted by Gasteiger charge is 2.18. The molecule has 0 spiro atoms. The van der Waals surface area contributed by atoms with Crippen molar-refractivity contribution in [2.24, 2.45) is 0 Å². The van der Waals surface area contributed by atoms with Gasteiger partial charge in [0.1, 0.15) is 0 Å². The molecule has 15 heavy (non-hydrogen) atoms. The van der Waals surface area contributed by atoms with E-state index in [1.165, 1.54) is 0 Å². The highest BCUT2D eigenvalue weighted by atomic mass is 32.1. The molecule has 0 heterocycles. The molecule has 0 amide bonds. The second kappa shape index (κ2) is 5.37. The molecule has 1 aromatic carbocycles. The summed E-state index contributed by atoms with van der Waals surface area (Å²) in [4.78, 5) is 13.6.